The van der Waals surface area contributed by atoms with Crippen LogP contribution >= 0.6 is 28.1 Å². The number of rotatable bonds is 9. The zero-order valence-corrected chi connectivity index (χ0v) is 22.3. The highest BCUT2D eigenvalue weighted by Gasteiger charge is 2.45. The fraction of sp³-hybridized carbons (Fsp3) is 0.200. The van der Waals surface area contributed by atoms with E-state index in [9.17, 15) is 14.4 Å². The lowest BCUT2D eigenvalue weighted by molar-refractivity contribution is -0.124. The molecule has 2 heterocycles. The third-order valence-corrected chi connectivity index (χ3v) is 6.18. The Kier molecular flexibility index (Phi) is 8.09. The maximum Gasteiger partial charge on any atom is 0.305 e. The number of furan rings is 1. The second-order valence-corrected chi connectivity index (χ2v) is 8.94. The number of anilines is 2. The first kappa shape index (κ1) is 26.2. The summed E-state index contributed by atoms with van der Waals surface area (Å²) in [5, 5.41) is 3.98. The van der Waals surface area contributed by atoms with E-state index in [0.29, 0.717) is 34.2 Å². The fourth-order valence-corrected chi connectivity index (χ4v) is 4.36. The topological polar surface area (TPSA) is 113 Å². The van der Waals surface area contributed by atoms with Crippen LogP contribution in [0.2, 0.25) is 0 Å². The molecule has 1 atom stereocenters. The SMILES string of the molecule is CCOc1cccc(NC(=O)CC2C(=O)N(c3ccc(OC)cc3)C(=S)N2NC(=O)c2ccc(Br)o2)c1. The van der Waals surface area contributed by atoms with E-state index in [2.05, 4.69) is 26.7 Å². The molecular formula is C25H23BrN4O6S. The van der Waals surface area contributed by atoms with Gasteiger partial charge < -0.3 is 19.2 Å². The van der Waals surface area contributed by atoms with Gasteiger partial charge in [-0.15, -0.1) is 0 Å². The normalized spacial score (nSPS) is 15.1. The summed E-state index contributed by atoms with van der Waals surface area (Å²) in [5.74, 6) is -0.364. The van der Waals surface area contributed by atoms with Crippen LogP contribution in [-0.4, -0.2) is 47.6 Å². The first-order valence-corrected chi connectivity index (χ1v) is 12.4. The molecule has 0 saturated carbocycles. The molecule has 4 rings (SSSR count). The molecule has 3 amide bonds. The highest BCUT2D eigenvalue weighted by Crippen LogP contribution is 2.28. The number of ether oxygens (including phenoxy) is 2. The molecule has 1 aliphatic heterocycles. The lowest BCUT2D eigenvalue weighted by Gasteiger charge is -2.23. The summed E-state index contributed by atoms with van der Waals surface area (Å²) in [5.41, 5.74) is 3.58. The number of hydrazine groups is 1. The second-order valence-electron chi connectivity index (χ2n) is 7.80. The van der Waals surface area contributed by atoms with E-state index in [1.165, 1.54) is 23.1 Å². The van der Waals surface area contributed by atoms with Gasteiger partial charge in [0.2, 0.25) is 11.0 Å². The number of benzene rings is 2. The van der Waals surface area contributed by atoms with Gasteiger partial charge in [0.25, 0.3) is 5.91 Å². The van der Waals surface area contributed by atoms with E-state index in [0.717, 1.165) is 0 Å². The van der Waals surface area contributed by atoms with Crippen LogP contribution in [0.1, 0.15) is 23.9 Å². The minimum atomic E-state index is -1.10. The van der Waals surface area contributed by atoms with E-state index in [1.54, 1.807) is 54.6 Å². The zero-order chi connectivity index (χ0) is 26.5. The lowest BCUT2D eigenvalue weighted by Crippen LogP contribution is -2.49. The summed E-state index contributed by atoms with van der Waals surface area (Å²) >= 11 is 8.72. The Morgan fingerprint density at radius 3 is 2.51 bits per heavy atom. The number of hydrogen-bond donors (Lipinski definition) is 2. The Balaban J connectivity index is 1.58. The van der Waals surface area contributed by atoms with Crippen LogP contribution in [0.5, 0.6) is 11.5 Å². The minimum Gasteiger partial charge on any atom is -0.497 e. The number of nitrogens with one attached hydrogen (secondary N) is 2. The average molecular weight is 587 g/mol. The van der Waals surface area contributed by atoms with E-state index in [1.807, 2.05) is 6.92 Å². The lowest BCUT2D eigenvalue weighted by atomic mass is 10.1. The van der Waals surface area contributed by atoms with Crippen molar-refractivity contribution in [2.75, 3.05) is 23.9 Å². The largest absolute Gasteiger partial charge is 0.497 e. The molecule has 1 fully saturated rings. The predicted octanol–water partition coefficient (Wildman–Crippen LogP) is 4.13. The van der Waals surface area contributed by atoms with Crippen molar-refractivity contribution in [3.05, 3.63) is 71.1 Å². The standard InChI is InChI=1S/C25H23BrN4O6S/c1-3-35-18-6-4-5-15(13-18)27-22(31)14-19-24(33)29(16-7-9-17(34-2)10-8-16)25(37)30(19)28-23(32)20-11-12-21(26)36-20/h4-13,19H,3,14H2,1-2H3,(H,27,31)(H,28,32). The van der Waals surface area contributed by atoms with Gasteiger partial charge in [0, 0.05) is 11.8 Å². The van der Waals surface area contributed by atoms with Crippen LogP contribution in [0.3, 0.4) is 0 Å². The van der Waals surface area contributed by atoms with Gasteiger partial charge in [0.05, 0.1) is 25.8 Å². The summed E-state index contributed by atoms with van der Waals surface area (Å²) in [6.07, 6.45) is -0.285. The number of amides is 3. The quantitative estimate of drug-likeness (QED) is 0.360. The highest BCUT2D eigenvalue weighted by molar-refractivity contribution is 9.10. The number of carbonyl (C=O) groups is 3. The van der Waals surface area contributed by atoms with Gasteiger partial charge in [-0.1, -0.05) is 6.07 Å². The van der Waals surface area contributed by atoms with Crippen LogP contribution in [0.25, 0.3) is 0 Å². The summed E-state index contributed by atoms with van der Waals surface area (Å²) in [7, 11) is 1.53. The molecule has 1 unspecified atom stereocenters. The van der Waals surface area contributed by atoms with Crippen LogP contribution in [-0.2, 0) is 9.59 Å². The molecule has 12 heteroatoms. The number of nitrogens with zero attached hydrogens (tertiary/aromatic N) is 2. The van der Waals surface area contributed by atoms with Crippen molar-refractivity contribution in [1.82, 2.24) is 10.4 Å². The van der Waals surface area contributed by atoms with Crippen LogP contribution < -0.4 is 25.1 Å². The van der Waals surface area contributed by atoms with Crippen molar-refractivity contribution >= 4 is 62.4 Å². The van der Waals surface area contributed by atoms with Crippen molar-refractivity contribution < 1.29 is 28.3 Å². The minimum absolute atomic E-state index is 0.000891. The molecule has 0 bridgehead atoms. The molecule has 10 nitrogen and oxygen atoms in total. The number of methoxy groups -OCH3 is 1. The second kappa shape index (κ2) is 11.4. The maximum atomic E-state index is 13.5. The maximum absolute atomic E-state index is 13.5. The monoisotopic (exact) mass is 586 g/mol. The summed E-state index contributed by atoms with van der Waals surface area (Å²) in [4.78, 5) is 40.6. The zero-order valence-electron chi connectivity index (χ0n) is 19.9. The summed E-state index contributed by atoms with van der Waals surface area (Å²) in [6, 6.07) is 15.5. The van der Waals surface area contributed by atoms with Gasteiger partial charge in [-0.25, -0.2) is 5.01 Å². The van der Waals surface area contributed by atoms with E-state index < -0.39 is 23.8 Å². The molecule has 2 N–H and O–H groups in total. The van der Waals surface area contributed by atoms with E-state index >= 15 is 0 Å². The predicted molar refractivity (Wildman–Crippen MR) is 143 cm³/mol. The fourth-order valence-electron chi connectivity index (χ4n) is 3.69. The Bertz CT molecular complexity index is 1330. The summed E-state index contributed by atoms with van der Waals surface area (Å²) in [6.45, 7) is 2.34. The van der Waals surface area contributed by atoms with Gasteiger partial charge in [-0.3, -0.25) is 24.7 Å². The molecule has 1 saturated heterocycles. The highest BCUT2D eigenvalue weighted by atomic mass is 79.9. The van der Waals surface area contributed by atoms with E-state index in [4.69, 9.17) is 26.1 Å². The molecule has 37 heavy (non-hydrogen) atoms. The number of halogens is 1. The van der Waals surface area contributed by atoms with Crippen LogP contribution in [0.4, 0.5) is 11.4 Å². The Morgan fingerprint density at radius 2 is 1.86 bits per heavy atom. The van der Waals surface area contributed by atoms with Crippen molar-refractivity contribution in [2.45, 2.75) is 19.4 Å². The van der Waals surface area contributed by atoms with Crippen molar-refractivity contribution in [3.8, 4) is 11.5 Å². The van der Waals surface area contributed by atoms with Crippen LogP contribution in [0, 0.1) is 0 Å². The molecule has 0 aliphatic carbocycles. The molecule has 2 aromatic carbocycles. The Hall–Kier alpha value is -3.90. The molecule has 0 radical (unpaired) electrons. The number of thiocarbonyl (C=S) groups is 1. The molecule has 192 valence electrons. The van der Waals surface area contributed by atoms with E-state index in [-0.39, 0.29) is 17.3 Å². The van der Waals surface area contributed by atoms with Gasteiger partial charge in [-0.05, 0) is 83.6 Å². The first-order chi connectivity index (χ1) is 17.8. The molecule has 1 aromatic heterocycles. The van der Waals surface area contributed by atoms with Gasteiger partial charge in [0.1, 0.15) is 17.5 Å². The molecule has 0 spiro atoms. The average Bonchev–Trinajstić information content (AvgIpc) is 3.41. The smallest absolute Gasteiger partial charge is 0.305 e. The van der Waals surface area contributed by atoms with Crippen molar-refractivity contribution in [1.29, 1.82) is 0 Å². The van der Waals surface area contributed by atoms with Gasteiger partial charge >= 0.3 is 5.91 Å². The van der Waals surface area contributed by atoms with Crippen molar-refractivity contribution in [2.24, 2.45) is 0 Å². The third-order valence-electron chi connectivity index (χ3n) is 5.37. The Labute approximate surface area is 226 Å². The van der Waals surface area contributed by atoms with Gasteiger partial charge in [0.15, 0.2) is 10.4 Å². The molecular weight excluding hydrogens is 564 g/mol. The number of hydrogen-bond acceptors (Lipinski definition) is 7. The first-order valence-electron chi connectivity index (χ1n) is 11.2. The van der Waals surface area contributed by atoms with Gasteiger partial charge in [-0.2, -0.15) is 0 Å². The Morgan fingerprint density at radius 1 is 1.11 bits per heavy atom. The third kappa shape index (κ3) is 5.92. The molecule has 1 aliphatic rings. The van der Waals surface area contributed by atoms with Crippen molar-refractivity contribution in [3.63, 3.8) is 0 Å². The molecule has 3 aromatic rings. The summed E-state index contributed by atoms with van der Waals surface area (Å²) < 4.78 is 16.3. The van der Waals surface area contributed by atoms with Crippen LogP contribution in [0.15, 0.2) is 69.8 Å². The number of carbonyl (C=O) groups excluding carboxylic acids is 3.